The average Bonchev–Trinajstić information content (AvgIpc) is 3.53. The molecular formula is C35H63N5O7S. The van der Waals surface area contributed by atoms with Crippen LogP contribution in [0.3, 0.4) is 0 Å². The summed E-state index contributed by atoms with van der Waals surface area (Å²) in [5.74, 6) is -3.11. The first-order chi connectivity index (χ1) is 22.7. The second kappa shape index (κ2) is 25.0. The van der Waals surface area contributed by atoms with Crippen LogP contribution in [0.5, 0.6) is 0 Å². The molecule has 3 unspecified atom stereocenters. The second-order valence-electron chi connectivity index (χ2n) is 13.2. The minimum atomic E-state index is -1.01. The zero-order chi connectivity index (χ0) is 36.7. The fourth-order valence-corrected chi connectivity index (χ4v) is 5.41. The van der Waals surface area contributed by atoms with Crippen LogP contribution in [-0.2, 0) is 28.7 Å². The number of nitrogens with one attached hydrogen (secondary N) is 4. The van der Waals surface area contributed by atoms with Gasteiger partial charge >= 0.3 is 12.0 Å². The van der Waals surface area contributed by atoms with E-state index in [0.717, 1.165) is 38.5 Å². The Morgan fingerprint density at radius 2 is 1.54 bits per heavy atom. The maximum atomic E-state index is 13.9. The summed E-state index contributed by atoms with van der Waals surface area (Å²) in [6.45, 7) is 15.0. The van der Waals surface area contributed by atoms with Crippen LogP contribution in [0.15, 0.2) is 12.7 Å². The van der Waals surface area contributed by atoms with Gasteiger partial charge in [-0.1, -0.05) is 65.4 Å². The molecule has 2 fully saturated rings. The van der Waals surface area contributed by atoms with Crippen molar-refractivity contribution in [2.75, 3.05) is 32.1 Å². The molecule has 0 aromatic heterocycles. The molecule has 0 radical (unpaired) electrons. The Kier molecular flexibility index (Phi) is 23.4. The van der Waals surface area contributed by atoms with Crippen molar-refractivity contribution in [2.45, 2.75) is 136 Å². The number of rotatable bonds is 14. The normalized spacial score (nSPS) is 17.2. The molecular weight excluding hydrogens is 634 g/mol. The molecule has 0 aromatic carbocycles. The molecule has 48 heavy (non-hydrogen) atoms. The highest BCUT2D eigenvalue weighted by Crippen LogP contribution is 2.29. The molecule has 1 aliphatic carbocycles. The van der Waals surface area contributed by atoms with Crippen molar-refractivity contribution in [2.24, 2.45) is 5.92 Å². The van der Waals surface area contributed by atoms with Gasteiger partial charge in [0.05, 0.1) is 6.04 Å². The SMILES string of the molecule is C=CCNC(=O)C(=O)C(CCCC)NC(=O)C1CCCN1C(=O)C(NC(=O)NCC(=O)OC(C)(C)C)C1CCCCC1.CCC.CSC. The predicted octanol–water partition coefficient (Wildman–Crippen LogP) is 4.51. The van der Waals surface area contributed by atoms with Gasteiger partial charge in [0.15, 0.2) is 0 Å². The van der Waals surface area contributed by atoms with E-state index < -0.39 is 53.3 Å². The van der Waals surface area contributed by atoms with Gasteiger partial charge in [0.2, 0.25) is 17.6 Å². The molecule has 3 atom stereocenters. The molecule has 2 rings (SSSR count). The number of hydrogen-bond acceptors (Lipinski definition) is 8. The van der Waals surface area contributed by atoms with Crippen LogP contribution in [0, 0.1) is 5.92 Å². The largest absolute Gasteiger partial charge is 0.459 e. The molecule has 1 saturated carbocycles. The van der Waals surface area contributed by atoms with Crippen LogP contribution in [-0.4, -0.2) is 96.3 Å². The fourth-order valence-electron chi connectivity index (χ4n) is 5.41. The molecule has 0 bridgehead atoms. The summed E-state index contributed by atoms with van der Waals surface area (Å²) in [7, 11) is 0. The summed E-state index contributed by atoms with van der Waals surface area (Å²) >= 11 is 1.75. The zero-order valence-electron chi connectivity index (χ0n) is 30.7. The van der Waals surface area contributed by atoms with Crippen molar-refractivity contribution in [1.82, 2.24) is 26.2 Å². The topological polar surface area (TPSA) is 163 Å². The summed E-state index contributed by atoms with van der Waals surface area (Å²) in [6.07, 6.45) is 13.9. The maximum absolute atomic E-state index is 13.9. The molecule has 13 heteroatoms. The first-order valence-corrected chi connectivity index (χ1v) is 19.0. The number of ether oxygens (including phenoxy) is 1. The van der Waals surface area contributed by atoms with Crippen LogP contribution in [0.2, 0.25) is 0 Å². The molecule has 5 amide bonds. The third-order valence-corrected chi connectivity index (χ3v) is 7.44. The first kappa shape index (κ1) is 44.9. The molecule has 4 N–H and O–H groups in total. The molecule has 1 heterocycles. The van der Waals surface area contributed by atoms with Gasteiger partial charge in [0.1, 0.15) is 24.2 Å². The van der Waals surface area contributed by atoms with Crippen LogP contribution in [0.1, 0.15) is 112 Å². The zero-order valence-corrected chi connectivity index (χ0v) is 31.5. The van der Waals surface area contributed by atoms with E-state index in [4.69, 9.17) is 4.74 Å². The molecule has 1 saturated heterocycles. The Bertz CT molecular complexity index is 1030. The number of urea groups is 1. The highest BCUT2D eigenvalue weighted by Gasteiger charge is 2.41. The van der Waals surface area contributed by atoms with Gasteiger partial charge in [-0.25, -0.2) is 4.79 Å². The van der Waals surface area contributed by atoms with Crippen molar-refractivity contribution in [3.05, 3.63) is 12.7 Å². The number of thioether (sulfide) groups is 1. The van der Waals surface area contributed by atoms with Gasteiger partial charge in [-0.2, -0.15) is 11.8 Å². The van der Waals surface area contributed by atoms with Crippen LogP contribution < -0.4 is 21.3 Å². The number of esters is 1. The van der Waals surface area contributed by atoms with Gasteiger partial charge < -0.3 is 30.9 Å². The lowest BCUT2D eigenvalue weighted by Gasteiger charge is -2.35. The Morgan fingerprint density at radius 1 is 0.938 bits per heavy atom. The third kappa shape index (κ3) is 17.9. The van der Waals surface area contributed by atoms with Gasteiger partial charge in [-0.05, 0) is 71.3 Å². The van der Waals surface area contributed by atoms with E-state index in [1.165, 1.54) is 17.4 Å². The number of hydrogen-bond donors (Lipinski definition) is 4. The highest BCUT2D eigenvalue weighted by molar-refractivity contribution is 7.97. The number of carbonyl (C=O) groups is 6. The molecule has 12 nitrogen and oxygen atoms in total. The quantitative estimate of drug-likeness (QED) is 0.117. The molecule has 2 aliphatic rings. The van der Waals surface area contributed by atoms with E-state index in [2.05, 4.69) is 41.7 Å². The Labute approximate surface area is 293 Å². The number of carbonyl (C=O) groups excluding carboxylic acids is 6. The van der Waals surface area contributed by atoms with Crippen LogP contribution in [0.4, 0.5) is 4.79 Å². The van der Waals surface area contributed by atoms with Gasteiger partial charge in [-0.3, -0.25) is 24.0 Å². The highest BCUT2D eigenvalue weighted by atomic mass is 32.2. The van der Waals surface area contributed by atoms with Crippen LogP contribution >= 0.6 is 11.8 Å². The summed E-state index contributed by atoms with van der Waals surface area (Å²) < 4.78 is 5.23. The predicted molar refractivity (Wildman–Crippen MR) is 193 cm³/mol. The van der Waals surface area contributed by atoms with E-state index >= 15 is 0 Å². The summed E-state index contributed by atoms with van der Waals surface area (Å²) in [5, 5.41) is 10.4. The summed E-state index contributed by atoms with van der Waals surface area (Å²) in [5.41, 5.74) is -0.698. The Hall–Kier alpha value is -3.09. The van der Waals surface area contributed by atoms with E-state index in [-0.39, 0.29) is 24.9 Å². The van der Waals surface area contributed by atoms with Crippen molar-refractivity contribution in [1.29, 1.82) is 0 Å². The fraction of sp³-hybridized carbons (Fsp3) is 0.771. The minimum Gasteiger partial charge on any atom is -0.459 e. The molecule has 0 spiro atoms. The van der Waals surface area contributed by atoms with Crippen LogP contribution in [0.25, 0.3) is 0 Å². The second-order valence-corrected chi connectivity index (χ2v) is 14.0. The van der Waals surface area contributed by atoms with E-state index in [1.54, 1.807) is 32.5 Å². The molecule has 276 valence electrons. The maximum Gasteiger partial charge on any atom is 0.325 e. The van der Waals surface area contributed by atoms with Gasteiger partial charge in [0, 0.05) is 13.1 Å². The minimum absolute atomic E-state index is 0.115. The number of Topliss-reactive ketones (excluding diaryl/α,β-unsaturated/α-hetero) is 1. The van der Waals surface area contributed by atoms with Crippen molar-refractivity contribution in [3.63, 3.8) is 0 Å². The summed E-state index contributed by atoms with van der Waals surface area (Å²) in [4.78, 5) is 78.8. The number of nitrogens with zero attached hydrogens (tertiary/aromatic N) is 1. The van der Waals surface area contributed by atoms with Crippen molar-refractivity contribution in [3.8, 4) is 0 Å². The van der Waals surface area contributed by atoms with Gasteiger partial charge in [-0.15, -0.1) is 6.58 Å². The lowest BCUT2D eigenvalue weighted by Crippen LogP contribution is -2.59. The average molecular weight is 698 g/mol. The monoisotopic (exact) mass is 697 g/mol. The number of unbranched alkanes of at least 4 members (excludes halogenated alkanes) is 1. The number of likely N-dealkylation sites (tertiary alicyclic amines) is 1. The smallest absolute Gasteiger partial charge is 0.325 e. The van der Waals surface area contributed by atoms with E-state index in [1.807, 2.05) is 19.4 Å². The molecule has 1 aliphatic heterocycles. The standard InChI is InChI=1S/C30H49N5O7.C3H8.C2H6S/c1-6-8-15-21(25(37)27(39)31-17-7-2)33-26(38)22-16-12-18-35(22)28(40)24(20-13-10-9-11-14-20)34-29(41)32-19-23(36)42-30(3,4)5;2*1-3-2/h7,20-22,24H,2,6,8-19H2,1,3-5H3,(H,31,39)(H,33,38)(H2,32,34,41);3H2,1-2H3;1-2H3. The van der Waals surface area contributed by atoms with Crippen molar-refractivity contribution < 1.29 is 33.5 Å². The lowest BCUT2D eigenvalue weighted by atomic mass is 9.83. The first-order valence-electron chi connectivity index (χ1n) is 17.4. The number of amides is 5. The van der Waals surface area contributed by atoms with Gasteiger partial charge in [0.25, 0.3) is 5.91 Å². The number of ketones is 1. The lowest BCUT2D eigenvalue weighted by molar-refractivity contribution is -0.153. The third-order valence-electron chi connectivity index (χ3n) is 7.44. The Balaban J connectivity index is 0.00000341. The van der Waals surface area contributed by atoms with E-state index in [0.29, 0.717) is 32.2 Å². The van der Waals surface area contributed by atoms with Crippen molar-refractivity contribution >= 4 is 47.3 Å². The Morgan fingerprint density at radius 3 is 2.08 bits per heavy atom. The summed E-state index contributed by atoms with van der Waals surface area (Å²) in [6, 6.07) is -3.38. The molecule has 0 aromatic rings. The van der Waals surface area contributed by atoms with E-state index in [9.17, 15) is 28.8 Å².